The summed E-state index contributed by atoms with van der Waals surface area (Å²) >= 11 is 0. The molecule has 2 aliphatic heterocycles. The minimum atomic E-state index is -0.991. The van der Waals surface area contributed by atoms with Crippen LogP contribution >= 0.6 is 0 Å². The molecule has 2 heterocycles. The first-order valence-electron chi connectivity index (χ1n) is 9.71. The second kappa shape index (κ2) is 11.0. The van der Waals surface area contributed by atoms with Crippen molar-refractivity contribution in [1.82, 2.24) is 10.2 Å². The summed E-state index contributed by atoms with van der Waals surface area (Å²) in [5.74, 6) is -2.03. The van der Waals surface area contributed by atoms with Crippen LogP contribution in [0.3, 0.4) is 0 Å². The number of ether oxygens (including phenoxy) is 1. The van der Waals surface area contributed by atoms with Crippen LogP contribution in [0.25, 0.3) is 0 Å². The van der Waals surface area contributed by atoms with Gasteiger partial charge in [-0.05, 0) is 6.42 Å². The van der Waals surface area contributed by atoms with E-state index < -0.39 is 23.8 Å². The molecule has 2 aliphatic rings. The SMILES string of the molecule is CCCCCCN1C(=O)NC(=O)[C@H](C=NCCC[NH+]2CCOCC2)C1=O. The first-order valence-corrected chi connectivity index (χ1v) is 9.71. The monoisotopic (exact) mass is 367 g/mol. The van der Waals surface area contributed by atoms with E-state index in [9.17, 15) is 14.4 Å². The minimum Gasteiger partial charge on any atom is -0.370 e. The van der Waals surface area contributed by atoms with Crippen LogP contribution in [0.15, 0.2) is 4.99 Å². The molecule has 0 unspecified atom stereocenters. The number of amides is 4. The Bertz CT molecular complexity index is 517. The zero-order chi connectivity index (χ0) is 18.8. The van der Waals surface area contributed by atoms with Crippen LogP contribution in [0, 0.1) is 5.92 Å². The maximum absolute atomic E-state index is 12.5. The van der Waals surface area contributed by atoms with Gasteiger partial charge in [-0.2, -0.15) is 0 Å². The van der Waals surface area contributed by atoms with Crippen molar-refractivity contribution in [1.29, 1.82) is 0 Å². The molecule has 8 heteroatoms. The number of nitrogens with zero attached hydrogens (tertiary/aromatic N) is 2. The van der Waals surface area contributed by atoms with Crippen molar-refractivity contribution in [3.63, 3.8) is 0 Å². The summed E-state index contributed by atoms with van der Waals surface area (Å²) in [6.45, 7) is 7.67. The van der Waals surface area contributed by atoms with Gasteiger partial charge in [-0.15, -0.1) is 0 Å². The Morgan fingerprint density at radius 2 is 1.96 bits per heavy atom. The van der Waals surface area contributed by atoms with E-state index in [1.54, 1.807) is 0 Å². The number of barbiturate groups is 1. The second-order valence-electron chi connectivity index (χ2n) is 6.84. The normalized spacial score (nSPS) is 22.3. The topological polar surface area (TPSA) is 92.5 Å². The van der Waals surface area contributed by atoms with Gasteiger partial charge in [-0.3, -0.25) is 24.8 Å². The summed E-state index contributed by atoms with van der Waals surface area (Å²) < 4.78 is 5.33. The number of imide groups is 2. The van der Waals surface area contributed by atoms with E-state index in [4.69, 9.17) is 4.74 Å². The molecule has 2 N–H and O–H groups in total. The first-order chi connectivity index (χ1) is 12.6. The summed E-state index contributed by atoms with van der Waals surface area (Å²) in [7, 11) is 0. The summed E-state index contributed by atoms with van der Waals surface area (Å²) in [5, 5.41) is 2.26. The Balaban J connectivity index is 1.77. The van der Waals surface area contributed by atoms with Crippen molar-refractivity contribution in [2.24, 2.45) is 10.9 Å². The van der Waals surface area contributed by atoms with E-state index >= 15 is 0 Å². The van der Waals surface area contributed by atoms with Gasteiger partial charge in [0.15, 0.2) is 5.92 Å². The molecular formula is C18H31N4O4+. The molecule has 0 saturated carbocycles. The number of morpholine rings is 1. The Hall–Kier alpha value is -1.80. The smallest absolute Gasteiger partial charge is 0.330 e. The minimum absolute atomic E-state index is 0.350. The molecule has 0 aromatic rings. The molecule has 2 rings (SSSR count). The average Bonchev–Trinajstić information content (AvgIpc) is 2.64. The molecule has 0 spiro atoms. The number of quaternary nitrogens is 1. The lowest BCUT2D eigenvalue weighted by Gasteiger charge is -2.28. The van der Waals surface area contributed by atoms with Crippen molar-refractivity contribution in [2.75, 3.05) is 45.9 Å². The standard InChI is InChI=1S/C18H30N4O4/c1-2-3-4-5-9-22-17(24)15(16(23)20-18(22)25)14-19-7-6-8-21-10-12-26-13-11-21/h14-15H,2-13H2,1H3,(H,20,23,25)/p+1/t15-/m0/s1. The van der Waals surface area contributed by atoms with Gasteiger partial charge < -0.3 is 9.64 Å². The van der Waals surface area contributed by atoms with E-state index in [2.05, 4.69) is 17.2 Å². The summed E-state index contributed by atoms with van der Waals surface area (Å²) in [6.07, 6.45) is 6.17. The molecule has 26 heavy (non-hydrogen) atoms. The third-order valence-electron chi connectivity index (χ3n) is 4.80. The summed E-state index contributed by atoms with van der Waals surface area (Å²) in [6, 6.07) is -0.614. The highest BCUT2D eigenvalue weighted by Crippen LogP contribution is 2.11. The lowest BCUT2D eigenvalue weighted by Crippen LogP contribution is -3.14. The van der Waals surface area contributed by atoms with Crippen molar-refractivity contribution in [3.8, 4) is 0 Å². The average molecular weight is 367 g/mol. The van der Waals surface area contributed by atoms with Gasteiger partial charge >= 0.3 is 6.03 Å². The number of rotatable bonds is 10. The molecular weight excluding hydrogens is 336 g/mol. The first kappa shape index (κ1) is 20.5. The van der Waals surface area contributed by atoms with Gasteiger partial charge in [0.25, 0.3) is 0 Å². The van der Waals surface area contributed by atoms with E-state index in [0.29, 0.717) is 13.1 Å². The fourth-order valence-electron chi connectivity index (χ4n) is 3.18. The zero-order valence-corrected chi connectivity index (χ0v) is 15.7. The van der Waals surface area contributed by atoms with Crippen LogP contribution < -0.4 is 10.2 Å². The summed E-state index contributed by atoms with van der Waals surface area (Å²) in [4.78, 5) is 43.2. The quantitative estimate of drug-likeness (QED) is 0.313. The number of unbranched alkanes of at least 4 members (excludes halogenated alkanes) is 3. The number of carbonyl (C=O) groups is 3. The molecule has 2 saturated heterocycles. The Kier molecular flexibility index (Phi) is 8.70. The molecule has 1 atom stereocenters. The van der Waals surface area contributed by atoms with Crippen LogP contribution in [-0.4, -0.2) is 74.9 Å². The van der Waals surface area contributed by atoms with Gasteiger partial charge in [0.05, 0.1) is 19.8 Å². The van der Waals surface area contributed by atoms with Crippen molar-refractivity contribution < 1.29 is 24.0 Å². The van der Waals surface area contributed by atoms with Gasteiger partial charge in [0.1, 0.15) is 13.1 Å². The Morgan fingerprint density at radius 3 is 2.69 bits per heavy atom. The van der Waals surface area contributed by atoms with E-state index in [0.717, 1.165) is 69.9 Å². The van der Waals surface area contributed by atoms with Crippen LogP contribution in [0.2, 0.25) is 0 Å². The lowest BCUT2D eigenvalue weighted by molar-refractivity contribution is -0.908. The molecule has 2 fully saturated rings. The highest BCUT2D eigenvalue weighted by Gasteiger charge is 2.39. The van der Waals surface area contributed by atoms with Crippen LogP contribution in [0.1, 0.15) is 39.0 Å². The highest BCUT2D eigenvalue weighted by atomic mass is 16.5. The van der Waals surface area contributed by atoms with Crippen molar-refractivity contribution >= 4 is 24.1 Å². The maximum Gasteiger partial charge on any atom is 0.330 e. The Labute approximate surface area is 154 Å². The number of hydrogen-bond acceptors (Lipinski definition) is 5. The lowest BCUT2D eigenvalue weighted by atomic mass is 10.1. The van der Waals surface area contributed by atoms with E-state index in [-0.39, 0.29) is 0 Å². The molecule has 4 amide bonds. The van der Waals surface area contributed by atoms with Gasteiger partial charge in [-0.1, -0.05) is 26.2 Å². The van der Waals surface area contributed by atoms with E-state index in [1.165, 1.54) is 11.1 Å². The van der Waals surface area contributed by atoms with Gasteiger partial charge in [-0.25, -0.2) is 4.79 Å². The van der Waals surface area contributed by atoms with E-state index in [1.807, 2.05) is 0 Å². The van der Waals surface area contributed by atoms with Gasteiger partial charge in [0.2, 0.25) is 11.8 Å². The third-order valence-corrected chi connectivity index (χ3v) is 4.80. The number of aliphatic imine (C=N–C) groups is 1. The second-order valence-corrected chi connectivity index (χ2v) is 6.84. The molecule has 0 aromatic heterocycles. The molecule has 146 valence electrons. The fraction of sp³-hybridized carbons (Fsp3) is 0.778. The zero-order valence-electron chi connectivity index (χ0n) is 15.7. The molecule has 0 radical (unpaired) electrons. The van der Waals surface area contributed by atoms with Crippen LogP contribution in [0.4, 0.5) is 4.79 Å². The maximum atomic E-state index is 12.5. The van der Waals surface area contributed by atoms with Crippen molar-refractivity contribution in [2.45, 2.75) is 39.0 Å². The molecule has 8 nitrogen and oxygen atoms in total. The van der Waals surface area contributed by atoms with Crippen molar-refractivity contribution in [3.05, 3.63) is 0 Å². The molecule has 0 bridgehead atoms. The number of nitrogens with one attached hydrogen (secondary N) is 2. The largest absolute Gasteiger partial charge is 0.370 e. The fourth-order valence-corrected chi connectivity index (χ4v) is 3.18. The predicted octanol–water partition coefficient (Wildman–Crippen LogP) is -0.363. The third kappa shape index (κ3) is 6.17. The highest BCUT2D eigenvalue weighted by molar-refractivity contribution is 6.23. The number of urea groups is 1. The number of carbonyl (C=O) groups excluding carboxylic acids is 3. The Morgan fingerprint density at radius 1 is 1.19 bits per heavy atom. The van der Waals surface area contributed by atoms with Crippen LogP contribution in [0.5, 0.6) is 0 Å². The van der Waals surface area contributed by atoms with Gasteiger partial charge in [0, 0.05) is 25.7 Å². The number of hydrogen-bond donors (Lipinski definition) is 2. The van der Waals surface area contributed by atoms with Crippen LogP contribution in [-0.2, 0) is 14.3 Å². The summed E-state index contributed by atoms with van der Waals surface area (Å²) in [5.41, 5.74) is 0. The molecule has 0 aromatic carbocycles. The molecule has 0 aliphatic carbocycles. The predicted molar refractivity (Wildman–Crippen MR) is 97.2 cm³/mol.